The predicted molar refractivity (Wildman–Crippen MR) is 111 cm³/mol. The molecule has 1 aromatic heterocycles. The number of para-hydroxylation sites is 2. The van der Waals surface area contributed by atoms with Crippen LogP contribution >= 0.6 is 11.8 Å². The number of carbonyl (C=O) groups is 1. The van der Waals surface area contributed by atoms with Gasteiger partial charge in [-0.25, -0.2) is 4.98 Å². The molecule has 0 radical (unpaired) electrons. The fraction of sp³-hybridized carbons (Fsp3) is 0.190. The Labute approximate surface area is 167 Å². The van der Waals surface area contributed by atoms with Crippen molar-refractivity contribution < 1.29 is 9.53 Å². The minimum absolute atomic E-state index is 0.123. The minimum atomic E-state index is -0.205. The van der Waals surface area contributed by atoms with Crippen molar-refractivity contribution in [3.05, 3.63) is 81.8 Å². The monoisotopic (exact) mass is 395 g/mol. The number of ether oxygens (including phenoxy) is 1. The second-order valence-corrected chi connectivity index (χ2v) is 7.10. The normalized spacial score (nSPS) is 10.5. The molecule has 6 nitrogen and oxygen atoms in total. The molecule has 144 valence electrons. The Kier molecular flexibility index (Phi) is 6.49. The van der Waals surface area contributed by atoms with Crippen molar-refractivity contribution in [1.29, 1.82) is 0 Å². The second kappa shape index (κ2) is 9.23. The van der Waals surface area contributed by atoms with Crippen LogP contribution in [0.1, 0.15) is 16.8 Å². The molecule has 0 spiro atoms. The molecule has 2 aromatic carbocycles. The topological polar surface area (TPSA) is 84.1 Å². The lowest BCUT2D eigenvalue weighted by Gasteiger charge is -2.10. The number of H-pyrrole nitrogens is 1. The summed E-state index contributed by atoms with van der Waals surface area (Å²) in [5.74, 6) is 0.509. The fourth-order valence-electron chi connectivity index (χ4n) is 2.73. The van der Waals surface area contributed by atoms with E-state index in [1.54, 1.807) is 19.2 Å². The van der Waals surface area contributed by atoms with Gasteiger partial charge in [-0.1, -0.05) is 54.2 Å². The maximum Gasteiger partial charge on any atom is 0.255 e. The Bertz CT molecular complexity index is 1020. The number of nitrogens with one attached hydrogen (secondary N) is 2. The summed E-state index contributed by atoms with van der Waals surface area (Å²) in [7, 11) is 1.55. The summed E-state index contributed by atoms with van der Waals surface area (Å²) in [4.78, 5) is 31.9. The SMILES string of the molecule is COc1ccccc1NC(=O)CSc1nc(C)c(Cc2ccccc2)c(=O)[nH]1. The van der Waals surface area contributed by atoms with Crippen LogP contribution in [0.4, 0.5) is 5.69 Å². The lowest BCUT2D eigenvalue weighted by molar-refractivity contribution is -0.113. The molecular formula is C21H21N3O3S. The maximum absolute atomic E-state index is 12.5. The maximum atomic E-state index is 12.5. The lowest BCUT2D eigenvalue weighted by atomic mass is 10.1. The van der Waals surface area contributed by atoms with E-state index < -0.39 is 0 Å². The van der Waals surface area contributed by atoms with Crippen LogP contribution in [-0.2, 0) is 11.2 Å². The van der Waals surface area contributed by atoms with Gasteiger partial charge in [0.05, 0.1) is 18.6 Å². The molecule has 2 N–H and O–H groups in total. The first kappa shape index (κ1) is 19.7. The molecule has 0 bridgehead atoms. The quantitative estimate of drug-likeness (QED) is 0.473. The second-order valence-electron chi connectivity index (χ2n) is 6.13. The van der Waals surface area contributed by atoms with E-state index in [1.807, 2.05) is 49.4 Å². The van der Waals surface area contributed by atoms with Gasteiger partial charge in [0.25, 0.3) is 5.56 Å². The summed E-state index contributed by atoms with van der Waals surface area (Å²) in [6.45, 7) is 1.81. The van der Waals surface area contributed by atoms with Crippen molar-refractivity contribution in [2.24, 2.45) is 0 Å². The van der Waals surface area contributed by atoms with Gasteiger partial charge in [-0.3, -0.25) is 9.59 Å². The highest BCUT2D eigenvalue weighted by Gasteiger charge is 2.12. The van der Waals surface area contributed by atoms with Crippen molar-refractivity contribution in [2.75, 3.05) is 18.2 Å². The van der Waals surface area contributed by atoms with Gasteiger partial charge in [0.15, 0.2) is 5.16 Å². The third-order valence-electron chi connectivity index (χ3n) is 4.15. The van der Waals surface area contributed by atoms with E-state index in [1.165, 1.54) is 11.8 Å². The number of nitrogens with zero attached hydrogens (tertiary/aromatic N) is 1. The third-order valence-corrected chi connectivity index (χ3v) is 5.02. The van der Waals surface area contributed by atoms with Gasteiger partial charge in [-0.05, 0) is 24.6 Å². The predicted octanol–water partition coefficient (Wildman–Crippen LogP) is 3.41. The number of aromatic nitrogens is 2. The number of anilines is 1. The van der Waals surface area contributed by atoms with Crippen molar-refractivity contribution >= 4 is 23.4 Å². The molecule has 0 aliphatic heterocycles. The number of methoxy groups -OCH3 is 1. The number of carbonyl (C=O) groups excluding carboxylic acids is 1. The molecular weight excluding hydrogens is 374 g/mol. The van der Waals surface area contributed by atoms with Crippen LogP contribution in [0.25, 0.3) is 0 Å². The van der Waals surface area contributed by atoms with Gasteiger partial charge < -0.3 is 15.0 Å². The molecule has 28 heavy (non-hydrogen) atoms. The van der Waals surface area contributed by atoms with Gasteiger partial charge in [-0.2, -0.15) is 0 Å². The summed E-state index contributed by atoms with van der Waals surface area (Å²) < 4.78 is 5.22. The first-order chi connectivity index (χ1) is 13.6. The molecule has 7 heteroatoms. The van der Waals surface area contributed by atoms with E-state index in [0.717, 1.165) is 5.56 Å². The van der Waals surface area contributed by atoms with Crippen LogP contribution in [0.3, 0.4) is 0 Å². The van der Waals surface area contributed by atoms with Crippen molar-refractivity contribution in [3.8, 4) is 5.75 Å². The van der Waals surface area contributed by atoms with Gasteiger partial charge >= 0.3 is 0 Å². The number of hydrogen-bond donors (Lipinski definition) is 2. The first-order valence-corrected chi connectivity index (χ1v) is 9.74. The number of amides is 1. The molecule has 0 unspecified atom stereocenters. The Balaban J connectivity index is 1.65. The van der Waals surface area contributed by atoms with E-state index in [2.05, 4.69) is 15.3 Å². The molecule has 0 fully saturated rings. The van der Waals surface area contributed by atoms with Crippen LogP contribution in [0, 0.1) is 6.92 Å². The third kappa shape index (κ3) is 5.01. The number of thioether (sulfide) groups is 1. The Morgan fingerprint density at radius 1 is 1.14 bits per heavy atom. The van der Waals surface area contributed by atoms with Crippen molar-refractivity contribution in [1.82, 2.24) is 9.97 Å². The van der Waals surface area contributed by atoms with E-state index >= 15 is 0 Å². The molecule has 0 saturated carbocycles. The zero-order chi connectivity index (χ0) is 19.9. The van der Waals surface area contributed by atoms with Gasteiger partial charge in [0, 0.05) is 17.7 Å². The Hall–Kier alpha value is -3.06. The minimum Gasteiger partial charge on any atom is -0.495 e. The van der Waals surface area contributed by atoms with E-state index in [-0.39, 0.29) is 17.2 Å². The lowest BCUT2D eigenvalue weighted by Crippen LogP contribution is -2.19. The van der Waals surface area contributed by atoms with Crippen LogP contribution in [-0.4, -0.2) is 28.7 Å². The summed E-state index contributed by atoms with van der Waals surface area (Å²) in [5.41, 5.74) is 2.78. The summed E-state index contributed by atoms with van der Waals surface area (Å²) >= 11 is 1.19. The number of benzene rings is 2. The standard InChI is InChI=1S/C21H21N3O3S/c1-14-16(12-15-8-4-3-5-9-15)20(26)24-21(22-14)28-13-19(25)23-17-10-6-7-11-18(17)27-2/h3-11H,12-13H2,1-2H3,(H,23,25)(H,22,24,26). The molecule has 3 aromatic rings. The average Bonchev–Trinajstić information content (AvgIpc) is 2.70. The Morgan fingerprint density at radius 2 is 1.86 bits per heavy atom. The highest BCUT2D eigenvalue weighted by Crippen LogP contribution is 2.23. The number of aryl methyl sites for hydroxylation is 1. The highest BCUT2D eigenvalue weighted by atomic mass is 32.2. The van der Waals surface area contributed by atoms with Crippen LogP contribution < -0.4 is 15.6 Å². The van der Waals surface area contributed by atoms with Crippen LogP contribution in [0.5, 0.6) is 5.75 Å². The summed E-state index contributed by atoms with van der Waals surface area (Å²) in [6, 6.07) is 17.0. The van der Waals surface area contributed by atoms with E-state index in [9.17, 15) is 9.59 Å². The van der Waals surface area contributed by atoms with Gasteiger partial charge in [-0.15, -0.1) is 0 Å². The zero-order valence-electron chi connectivity index (χ0n) is 15.7. The number of hydrogen-bond acceptors (Lipinski definition) is 5. The summed E-state index contributed by atoms with van der Waals surface area (Å²) in [5, 5.41) is 3.23. The van der Waals surface area contributed by atoms with Gasteiger partial charge in [0.2, 0.25) is 5.91 Å². The van der Waals surface area contributed by atoms with Crippen LogP contribution in [0.15, 0.2) is 64.5 Å². The molecule has 0 saturated heterocycles. The molecule has 1 amide bonds. The molecule has 1 heterocycles. The van der Waals surface area contributed by atoms with Crippen LogP contribution in [0.2, 0.25) is 0 Å². The fourth-order valence-corrected chi connectivity index (χ4v) is 3.44. The number of rotatable bonds is 7. The first-order valence-electron chi connectivity index (χ1n) is 8.76. The average molecular weight is 395 g/mol. The largest absolute Gasteiger partial charge is 0.495 e. The summed E-state index contributed by atoms with van der Waals surface area (Å²) in [6.07, 6.45) is 0.522. The van der Waals surface area contributed by atoms with Crippen molar-refractivity contribution in [2.45, 2.75) is 18.5 Å². The molecule has 0 aliphatic carbocycles. The molecule has 0 aliphatic rings. The number of aromatic amines is 1. The van der Waals surface area contributed by atoms with Gasteiger partial charge in [0.1, 0.15) is 5.75 Å². The zero-order valence-corrected chi connectivity index (χ0v) is 16.5. The van der Waals surface area contributed by atoms with Crippen molar-refractivity contribution in [3.63, 3.8) is 0 Å². The van der Waals surface area contributed by atoms with E-state index in [4.69, 9.17) is 4.74 Å². The Morgan fingerprint density at radius 3 is 2.57 bits per heavy atom. The molecule has 3 rings (SSSR count). The molecule has 0 atom stereocenters. The van der Waals surface area contributed by atoms with E-state index in [0.29, 0.717) is 34.3 Å². The smallest absolute Gasteiger partial charge is 0.255 e. The highest BCUT2D eigenvalue weighted by molar-refractivity contribution is 7.99.